The van der Waals surface area contributed by atoms with Gasteiger partial charge in [0.1, 0.15) is 12.2 Å². The highest BCUT2D eigenvalue weighted by atomic mass is 16.3. The van der Waals surface area contributed by atoms with Crippen molar-refractivity contribution in [3.63, 3.8) is 0 Å². The number of aliphatic hydroxyl groups is 2. The molecule has 204 valence electrons. The highest BCUT2D eigenvalue weighted by Gasteiger charge is 2.39. The number of piperidine rings is 2. The van der Waals surface area contributed by atoms with Crippen molar-refractivity contribution in [3.05, 3.63) is 88.7 Å². The predicted molar refractivity (Wildman–Crippen MR) is 149 cm³/mol. The molecule has 0 unspecified atom stereocenters. The second-order valence-electron chi connectivity index (χ2n) is 11.1. The third kappa shape index (κ3) is 5.37. The van der Waals surface area contributed by atoms with Crippen molar-refractivity contribution in [2.45, 2.75) is 37.4 Å². The van der Waals surface area contributed by atoms with Gasteiger partial charge in [-0.05, 0) is 55.1 Å². The monoisotopic (exact) mass is 527 g/mol. The average Bonchev–Trinajstić information content (AvgIpc) is 3.41. The Bertz CT molecular complexity index is 1430. The number of carbonyl (C=O) groups excluding carboxylic acids is 1. The third-order valence-corrected chi connectivity index (χ3v) is 8.51. The van der Waals surface area contributed by atoms with Crippen molar-refractivity contribution in [1.82, 2.24) is 19.7 Å². The van der Waals surface area contributed by atoms with Crippen LogP contribution < -0.4 is 16.0 Å². The van der Waals surface area contributed by atoms with E-state index in [4.69, 9.17) is 4.99 Å². The molecular formula is C31H37N5O3. The number of hydrogen-bond donors (Lipinski definition) is 3. The molecular weight excluding hydrogens is 490 g/mol. The Hall–Kier alpha value is -3.46. The highest BCUT2D eigenvalue weighted by molar-refractivity contribution is 5.80. The smallest absolute Gasteiger partial charge is 0.226 e. The fourth-order valence-corrected chi connectivity index (χ4v) is 6.33. The normalized spacial score (nSPS) is 22.5. The molecule has 6 rings (SSSR count). The Kier molecular flexibility index (Phi) is 7.25. The van der Waals surface area contributed by atoms with E-state index in [9.17, 15) is 15.0 Å². The number of hydrogen-bond acceptors (Lipinski definition) is 6. The van der Waals surface area contributed by atoms with E-state index >= 15 is 0 Å². The van der Waals surface area contributed by atoms with Crippen molar-refractivity contribution >= 4 is 12.1 Å². The Morgan fingerprint density at radius 1 is 1.08 bits per heavy atom. The Labute approximate surface area is 228 Å². The molecule has 4 heterocycles. The second kappa shape index (κ2) is 11.0. The molecule has 2 aromatic carbocycles. The van der Waals surface area contributed by atoms with Crippen LogP contribution in [-0.4, -0.2) is 75.5 Å². The summed E-state index contributed by atoms with van der Waals surface area (Å²) in [6.07, 6.45) is 6.03. The summed E-state index contributed by atoms with van der Waals surface area (Å²) in [4.78, 5) is 22.5. The summed E-state index contributed by atoms with van der Waals surface area (Å²) >= 11 is 0. The standard InChI is InChI=1S/C31H37N5O3/c37-20-23-5-4-8-26(17-23)36-14-10-25-19-34(22-33-29(25)36)21-31(39)11-15-35(16-12-31)30(38)27-9-13-32-18-28(27)24-6-2-1-3-7-24/h1-8,10,14,17,19,27-28,32,37,39H,9,11-13,15-16,18,20-22H2/t27-,28+/m1/s1. The van der Waals surface area contributed by atoms with Crippen LogP contribution in [0.3, 0.4) is 0 Å². The van der Waals surface area contributed by atoms with E-state index in [1.165, 1.54) is 5.56 Å². The lowest BCUT2D eigenvalue weighted by Crippen LogP contribution is -2.54. The third-order valence-electron chi connectivity index (χ3n) is 8.51. The SMILES string of the molecule is O=C([C@@H]1CCNC[C@H]1c1ccccc1)N1CCC(O)(CN2C=c3ccn(-c4cccc(CO)c4)c3=NC2)CC1. The lowest BCUT2D eigenvalue weighted by molar-refractivity contribution is -0.141. The molecule has 8 nitrogen and oxygen atoms in total. The first kappa shape index (κ1) is 25.8. The molecule has 39 heavy (non-hydrogen) atoms. The van der Waals surface area contributed by atoms with Gasteiger partial charge in [0.15, 0.2) is 0 Å². The van der Waals surface area contributed by atoms with Crippen LogP contribution in [0.1, 0.15) is 36.3 Å². The van der Waals surface area contributed by atoms with E-state index in [-0.39, 0.29) is 24.3 Å². The molecule has 0 aliphatic carbocycles. The van der Waals surface area contributed by atoms with E-state index in [2.05, 4.69) is 28.5 Å². The molecule has 3 aliphatic rings. The van der Waals surface area contributed by atoms with Crippen molar-refractivity contribution < 1.29 is 15.0 Å². The molecule has 0 radical (unpaired) electrons. The van der Waals surface area contributed by atoms with Crippen LogP contribution in [0.5, 0.6) is 0 Å². The van der Waals surface area contributed by atoms with Crippen LogP contribution in [-0.2, 0) is 11.4 Å². The summed E-state index contributed by atoms with van der Waals surface area (Å²) in [6, 6.07) is 20.2. The zero-order chi connectivity index (χ0) is 26.8. The highest BCUT2D eigenvalue weighted by Crippen LogP contribution is 2.33. The van der Waals surface area contributed by atoms with Crippen LogP contribution in [0.15, 0.2) is 71.9 Å². The Morgan fingerprint density at radius 3 is 2.69 bits per heavy atom. The second-order valence-corrected chi connectivity index (χ2v) is 11.1. The van der Waals surface area contributed by atoms with Gasteiger partial charge in [-0.15, -0.1) is 0 Å². The molecule has 2 atom stereocenters. The van der Waals surface area contributed by atoms with Crippen molar-refractivity contribution in [2.75, 3.05) is 39.4 Å². The molecule has 3 N–H and O–H groups in total. The van der Waals surface area contributed by atoms with Gasteiger partial charge in [-0.25, -0.2) is 4.99 Å². The van der Waals surface area contributed by atoms with Crippen molar-refractivity contribution in [3.8, 4) is 5.69 Å². The van der Waals surface area contributed by atoms with Crippen molar-refractivity contribution in [1.29, 1.82) is 0 Å². The van der Waals surface area contributed by atoms with Gasteiger partial charge in [0.2, 0.25) is 5.91 Å². The summed E-state index contributed by atoms with van der Waals surface area (Å²) in [5, 5.41) is 25.4. The number of amides is 1. The Morgan fingerprint density at radius 2 is 1.90 bits per heavy atom. The zero-order valence-corrected chi connectivity index (χ0v) is 22.2. The molecule has 3 aliphatic heterocycles. The quantitative estimate of drug-likeness (QED) is 0.450. The average molecular weight is 528 g/mol. The van der Waals surface area contributed by atoms with Gasteiger partial charge in [-0.2, -0.15) is 0 Å². The van der Waals surface area contributed by atoms with E-state index in [1.54, 1.807) is 0 Å². The molecule has 1 amide bonds. The van der Waals surface area contributed by atoms with Crippen molar-refractivity contribution in [2.24, 2.45) is 10.9 Å². The number of aromatic nitrogens is 1. The largest absolute Gasteiger partial charge is 0.392 e. The molecule has 1 aromatic heterocycles. The van der Waals surface area contributed by atoms with Gasteiger partial charge >= 0.3 is 0 Å². The fraction of sp³-hybridized carbons (Fsp3) is 0.419. The lowest BCUT2D eigenvalue weighted by Gasteiger charge is -2.43. The molecule has 0 bridgehead atoms. The zero-order valence-electron chi connectivity index (χ0n) is 22.2. The summed E-state index contributed by atoms with van der Waals surface area (Å²) in [5.41, 5.74) is 3.07. The van der Waals surface area contributed by atoms with Crippen LogP contribution in [0.4, 0.5) is 0 Å². The maximum absolute atomic E-state index is 13.6. The first-order chi connectivity index (χ1) is 19.0. The molecule has 2 fully saturated rings. The summed E-state index contributed by atoms with van der Waals surface area (Å²) in [5.74, 6) is 0.392. The molecule has 0 saturated carbocycles. The van der Waals surface area contributed by atoms with Crippen LogP contribution in [0.2, 0.25) is 0 Å². The number of β-amino-alcohol motifs (C(OH)–C–C–N with tert-alkyl or cyclic N) is 1. The number of fused-ring (bicyclic) bond motifs is 1. The molecule has 8 heteroatoms. The van der Waals surface area contributed by atoms with E-state index in [1.807, 2.05) is 64.2 Å². The van der Waals surface area contributed by atoms with Crippen LogP contribution in [0, 0.1) is 5.92 Å². The van der Waals surface area contributed by atoms with E-state index < -0.39 is 5.60 Å². The number of benzene rings is 2. The predicted octanol–water partition coefficient (Wildman–Crippen LogP) is 1.35. The summed E-state index contributed by atoms with van der Waals surface area (Å²) < 4.78 is 2.03. The van der Waals surface area contributed by atoms with Crippen LogP contribution in [0.25, 0.3) is 11.9 Å². The van der Waals surface area contributed by atoms with Gasteiger partial charge in [-0.3, -0.25) is 4.79 Å². The maximum Gasteiger partial charge on any atom is 0.226 e. The number of rotatable bonds is 6. The minimum Gasteiger partial charge on any atom is -0.392 e. The Balaban J connectivity index is 1.10. The maximum atomic E-state index is 13.6. The van der Waals surface area contributed by atoms with Gasteiger partial charge in [-0.1, -0.05) is 42.5 Å². The lowest BCUT2D eigenvalue weighted by atomic mass is 9.80. The summed E-state index contributed by atoms with van der Waals surface area (Å²) in [6.45, 7) is 3.80. The number of nitrogens with one attached hydrogen (secondary N) is 1. The molecule has 0 spiro atoms. The van der Waals surface area contributed by atoms with Gasteiger partial charge in [0, 0.05) is 61.3 Å². The number of carbonyl (C=O) groups is 1. The van der Waals surface area contributed by atoms with E-state index in [0.29, 0.717) is 39.1 Å². The minimum atomic E-state index is -0.856. The van der Waals surface area contributed by atoms with Gasteiger partial charge < -0.3 is 29.9 Å². The van der Waals surface area contributed by atoms with E-state index in [0.717, 1.165) is 41.5 Å². The number of nitrogens with zero attached hydrogens (tertiary/aromatic N) is 4. The number of aliphatic hydroxyl groups excluding tert-OH is 1. The minimum absolute atomic E-state index is 0.00141. The first-order valence-corrected chi connectivity index (χ1v) is 14.0. The topological polar surface area (TPSA) is 93.3 Å². The number of likely N-dealkylation sites (tertiary alicyclic amines) is 1. The molecule has 2 saturated heterocycles. The first-order valence-electron chi connectivity index (χ1n) is 14.0. The van der Waals surface area contributed by atoms with Crippen LogP contribution >= 0.6 is 0 Å². The van der Waals surface area contributed by atoms with Gasteiger partial charge in [0.05, 0.1) is 12.2 Å². The van der Waals surface area contributed by atoms with Gasteiger partial charge in [0.25, 0.3) is 0 Å². The summed E-state index contributed by atoms with van der Waals surface area (Å²) in [7, 11) is 0. The molecule has 3 aromatic rings. The fourth-order valence-electron chi connectivity index (χ4n) is 6.33.